The Morgan fingerprint density at radius 1 is 1.45 bits per heavy atom. The maximum absolute atomic E-state index is 11.8. The van der Waals surface area contributed by atoms with Crippen LogP contribution in [0.15, 0.2) is 24.3 Å². The molecule has 0 saturated carbocycles. The van der Waals surface area contributed by atoms with Crippen LogP contribution in [0.2, 0.25) is 0 Å². The van der Waals surface area contributed by atoms with Crippen LogP contribution >= 0.6 is 0 Å². The van der Waals surface area contributed by atoms with Crippen molar-refractivity contribution in [2.75, 3.05) is 26.7 Å². The molecule has 0 bridgehead atoms. The predicted molar refractivity (Wildman–Crippen MR) is 79.8 cm³/mol. The zero-order valence-corrected chi connectivity index (χ0v) is 12.4. The summed E-state index contributed by atoms with van der Waals surface area (Å²) in [5.41, 5.74) is 1.74. The van der Waals surface area contributed by atoms with Crippen LogP contribution in [0.5, 0.6) is 0 Å². The van der Waals surface area contributed by atoms with Crippen LogP contribution in [-0.2, 0) is 11.3 Å². The summed E-state index contributed by atoms with van der Waals surface area (Å²) in [6, 6.07) is 8.30. The summed E-state index contributed by atoms with van der Waals surface area (Å²) in [5.74, 6) is -0.247. The van der Waals surface area contributed by atoms with Crippen molar-refractivity contribution in [1.82, 2.24) is 10.2 Å². The minimum atomic E-state index is -0.247. The normalized spacial score (nSPS) is 19.8. The van der Waals surface area contributed by atoms with Crippen molar-refractivity contribution in [1.29, 1.82) is 0 Å². The third-order valence-electron chi connectivity index (χ3n) is 3.89. The second kappa shape index (κ2) is 7.41. The highest BCUT2D eigenvalue weighted by Gasteiger charge is 2.23. The van der Waals surface area contributed by atoms with E-state index in [0.717, 1.165) is 31.7 Å². The van der Waals surface area contributed by atoms with Gasteiger partial charge in [-0.15, -0.1) is 0 Å². The molecule has 1 aromatic rings. The lowest BCUT2D eigenvalue weighted by Gasteiger charge is -2.36. The van der Waals surface area contributed by atoms with Gasteiger partial charge < -0.3 is 10.1 Å². The Hall–Kier alpha value is -1.39. The van der Waals surface area contributed by atoms with E-state index < -0.39 is 0 Å². The van der Waals surface area contributed by atoms with Crippen LogP contribution in [0.3, 0.4) is 0 Å². The summed E-state index contributed by atoms with van der Waals surface area (Å²) in [6.45, 7) is 6.11. The Balaban J connectivity index is 2.13. The van der Waals surface area contributed by atoms with E-state index in [2.05, 4.69) is 17.1 Å². The van der Waals surface area contributed by atoms with Crippen LogP contribution in [0.1, 0.15) is 35.7 Å². The van der Waals surface area contributed by atoms with Crippen molar-refractivity contribution in [3.05, 3.63) is 35.4 Å². The van der Waals surface area contributed by atoms with Crippen molar-refractivity contribution in [2.24, 2.45) is 0 Å². The van der Waals surface area contributed by atoms with Gasteiger partial charge in [0.1, 0.15) is 0 Å². The van der Waals surface area contributed by atoms with E-state index in [0.29, 0.717) is 11.6 Å². The lowest BCUT2D eigenvalue weighted by atomic mass is 10.0. The second-order valence-corrected chi connectivity index (χ2v) is 5.27. The number of nitrogens with zero attached hydrogens (tertiary/aromatic N) is 1. The molecule has 1 fully saturated rings. The van der Waals surface area contributed by atoms with Crippen LogP contribution in [0, 0.1) is 0 Å². The summed E-state index contributed by atoms with van der Waals surface area (Å²) in [6.07, 6.45) is 2.37. The highest BCUT2D eigenvalue weighted by Crippen LogP contribution is 2.17. The minimum absolute atomic E-state index is 0.247. The molecule has 0 spiro atoms. The number of hydrogen-bond donors (Lipinski definition) is 1. The molecule has 1 saturated heterocycles. The fraction of sp³-hybridized carbons (Fsp3) is 0.562. The minimum Gasteiger partial charge on any atom is -0.465 e. The van der Waals surface area contributed by atoms with E-state index >= 15 is 0 Å². The van der Waals surface area contributed by atoms with Crippen LogP contribution < -0.4 is 5.32 Å². The quantitative estimate of drug-likeness (QED) is 0.836. The molecule has 1 atom stereocenters. The molecule has 1 aromatic carbocycles. The van der Waals surface area contributed by atoms with Gasteiger partial charge in [-0.25, -0.2) is 4.79 Å². The third-order valence-corrected chi connectivity index (χ3v) is 3.89. The lowest BCUT2D eigenvalue weighted by molar-refractivity contribution is 0.0596. The van der Waals surface area contributed by atoms with Crippen molar-refractivity contribution in [3.63, 3.8) is 0 Å². The average molecular weight is 276 g/mol. The Bertz CT molecular complexity index is 446. The second-order valence-electron chi connectivity index (χ2n) is 5.27. The first-order valence-corrected chi connectivity index (χ1v) is 7.37. The molecule has 2 rings (SSSR count). The molecule has 1 aliphatic heterocycles. The van der Waals surface area contributed by atoms with Gasteiger partial charge in [-0.3, -0.25) is 4.90 Å². The molecule has 4 heteroatoms. The standard InChI is InChI=1S/C16H24N2O2/c1-3-6-14-11-17-9-10-18(14)12-13-7-4-5-8-15(13)16(19)20-2/h4-5,7-8,14,17H,3,6,9-12H2,1-2H3/t14-/m0/s1. The molecule has 0 unspecified atom stereocenters. The number of carbonyl (C=O) groups excluding carboxylic acids is 1. The van der Waals surface area contributed by atoms with Gasteiger partial charge in [0.25, 0.3) is 0 Å². The molecule has 20 heavy (non-hydrogen) atoms. The Kier molecular flexibility index (Phi) is 5.56. The van der Waals surface area contributed by atoms with Crippen LogP contribution in [-0.4, -0.2) is 43.7 Å². The summed E-state index contributed by atoms with van der Waals surface area (Å²) >= 11 is 0. The van der Waals surface area contributed by atoms with Gasteiger partial charge in [0.2, 0.25) is 0 Å². The number of carbonyl (C=O) groups is 1. The summed E-state index contributed by atoms with van der Waals surface area (Å²) in [4.78, 5) is 14.3. The Morgan fingerprint density at radius 3 is 3.00 bits per heavy atom. The highest BCUT2D eigenvalue weighted by molar-refractivity contribution is 5.90. The van der Waals surface area contributed by atoms with Crippen molar-refractivity contribution < 1.29 is 9.53 Å². The summed E-state index contributed by atoms with van der Waals surface area (Å²) in [7, 11) is 1.43. The van der Waals surface area contributed by atoms with E-state index in [1.807, 2.05) is 24.3 Å². The number of nitrogens with one attached hydrogen (secondary N) is 1. The zero-order valence-electron chi connectivity index (χ0n) is 12.4. The molecule has 0 radical (unpaired) electrons. The Morgan fingerprint density at radius 2 is 2.25 bits per heavy atom. The van der Waals surface area contributed by atoms with Gasteiger partial charge in [0.05, 0.1) is 12.7 Å². The first-order chi connectivity index (χ1) is 9.76. The van der Waals surface area contributed by atoms with Gasteiger partial charge in [0, 0.05) is 32.2 Å². The van der Waals surface area contributed by atoms with Crippen LogP contribution in [0.4, 0.5) is 0 Å². The Labute approximate surface area is 121 Å². The number of ether oxygens (including phenoxy) is 1. The lowest BCUT2D eigenvalue weighted by Crippen LogP contribution is -2.50. The number of rotatable bonds is 5. The molecule has 1 heterocycles. The van der Waals surface area contributed by atoms with Gasteiger partial charge in [-0.2, -0.15) is 0 Å². The fourth-order valence-electron chi connectivity index (χ4n) is 2.82. The maximum Gasteiger partial charge on any atom is 0.338 e. The number of piperazine rings is 1. The molecule has 0 amide bonds. The third kappa shape index (κ3) is 3.58. The molecule has 4 nitrogen and oxygen atoms in total. The number of esters is 1. The topological polar surface area (TPSA) is 41.6 Å². The molecule has 110 valence electrons. The highest BCUT2D eigenvalue weighted by atomic mass is 16.5. The smallest absolute Gasteiger partial charge is 0.338 e. The van der Waals surface area contributed by atoms with E-state index in [1.165, 1.54) is 20.0 Å². The van der Waals surface area contributed by atoms with Gasteiger partial charge in [-0.05, 0) is 18.1 Å². The number of hydrogen-bond acceptors (Lipinski definition) is 4. The van der Waals surface area contributed by atoms with Crippen molar-refractivity contribution in [2.45, 2.75) is 32.4 Å². The van der Waals surface area contributed by atoms with Crippen LogP contribution in [0.25, 0.3) is 0 Å². The number of methoxy groups -OCH3 is 1. The molecule has 1 N–H and O–H groups in total. The van der Waals surface area contributed by atoms with Crippen molar-refractivity contribution >= 4 is 5.97 Å². The summed E-state index contributed by atoms with van der Waals surface area (Å²) < 4.78 is 4.87. The van der Waals surface area contributed by atoms with Gasteiger partial charge in [0.15, 0.2) is 0 Å². The maximum atomic E-state index is 11.8. The molecular weight excluding hydrogens is 252 g/mol. The fourth-order valence-corrected chi connectivity index (χ4v) is 2.82. The monoisotopic (exact) mass is 276 g/mol. The molecular formula is C16H24N2O2. The molecule has 0 aliphatic carbocycles. The zero-order chi connectivity index (χ0) is 14.4. The molecule has 1 aliphatic rings. The SMILES string of the molecule is CCC[C@H]1CNCCN1Cc1ccccc1C(=O)OC. The van der Waals surface area contributed by atoms with E-state index in [4.69, 9.17) is 4.74 Å². The summed E-state index contributed by atoms with van der Waals surface area (Å²) in [5, 5.41) is 3.45. The van der Waals surface area contributed by atoms with Gasteiger partial charge in [-0.1, -0.05) is 31.5 Å². The first-order valence-electron chi connectivity index (χ1n) is 7.37. The van der Waals surface area contributed by atoms with Crippen molar-refractivity contribution in [3.8, 4) is 0 Å². The average Bonchev–Trinajstić information content (AvgIpc) is 2.49. The predicted octanol–water partition coefficient (Wildman–Crippen LogP) is 2.05. The van der Waals surface area contributed by atoms with Gasteiger partial charge >= 0.3 is 5.97 Å². The van der Waals surface area contributed by atoms with E-state index in [1.54, 1.807) is 0 Å². The first kappa shape index (κ1) is 15.0. The van der Waals surface area contributed by atoms with E-state index in [9.17, 15) is 4.79 Å². The largest absolute Gasteiger partial charge is 0.465 e. The number of benzene rings is 1. The molecule has 0 aromatic heterocycles. The van der Waals surface area contributed by atoms with E-state index in [-0.39, 0.29) is 5.97 Å².